The quantitative estimate of drug-likeness (QED) is 0.880. The summed E-state index contributed by atoms with van der Waals surface area (Å²) < 4.78 is 38.8. The van der Waals surface area contributed by atoms with Gasteiger partial charge in [-0.3, -0.25) is 0 Å². The van der Waals surface area contributed by atoms with E-state index in [9.17, 15) is 18.0 Å². The summed E-state index contributed by atoms with van der Waals surface area (Å²) >= 11 is 0. The number of nitrogens with zero attached hydrogens (tertiary/aromatic N) is 2. The third kappa shape index (κ3) is 4.54. The molecule has 0 unspecified atom stereocenters. The molecule has 2 amide bonds. The third-order valence-electron chi connectivity index (χ3n) is 3.81. The van der Waals surface area contributed by atoms with Gasteiger partial charge in [0.25, 0.3) is 0 Å². The molecule has 1 saturated heterocycles. The van der Waals surface area contributed by atoms with Gasteiger partial charge in [0.2, 0.25) is 0 Å². The first-order chi connectivity index (χ1) is 11.3. The van der Waals surface area contributed by atoms with Crippen LogP contribution in [0.4, 0.5) is 29.3 Å². The first-order valence-electron chi connectivity index (χ1n) is 7.72. The number of benzene rings is 1. The van der Waals surface area contributed by atoms with Crippen molar-refractivity contribution in [3.63, 3.8) is 0 Å². The van der Waals surface area contributed by atoms with Crippen LogP contribution in [0.2, 0.25) is 0 Å². The number of hydrogen-bond donors (Lipinski definition) is 2. The molecule has 0 aromatic heterocycles. The minimum atomic E-state index is -4.48. The summed E-state index contributed by atoms with van der Waals surface area (Å²) in [6.45, 7) is 3.25. The van der Waals surface area contributed by atoms with E-state index >= 15 is 0 Å². The summed E-state index contributed by atoms with van der Waals surface area (Å²) in [6, 6.07) is 4.70. The second kappa shape index (κ2) is 7.43. The fraction of sp³-hybridized carbons (Fsp3) is 0.500. The zero-order chi connectivity index (χ0) is 17.7. The Labute approximate surface area is 138 Å². The molecule has 0 spiro atoms. The van der Waals surface area contributed by atoms with Gasteiger partial charge in [-0.15, -0.1) is 0 Å². The van der Waals surface area contributed by atoms with E-state index in [1.165, 1.54) is 6.07 Å². The summed E-state index contributed by atoms with van der Waals surface area (Å²) in [5, 5.41) is 13.7. The van der Waals surface area contributed by atoms with Crippen LogP contribution in [0.25, 0.3) is 0 Å². The fourth-order valence-corrected chi connectivity index (χ4v) is 2.50. The minimum Gasteiger partial charge on any atom is -0.370 e. The maximum Gasteiger partial charge on any atom is 0.416 e. The first kappa shape index (κ1) is 17.9. The normalized spacial score (nSPS) is 15.7. The van der Waals surface area contributed by atoms with Gasteiger partial charge >= 0.3 is 12.2 Å². The first-order valence-corrected chi connectivity index (χ1v) is 7.72. The van der Waals surface area contributed by atoms with Crippen LogP contribution in [0, 0.1) is 17.2 Å². The number of carbonyl (C=O) groups excluding carboxylic acids is 1. The van der Waals surface area contributed by atoms with E-state index in [4.69, 9.17) is 5.26 Å². The Kier molecular flexibility index (Phi) is 5.54. The van der Waals surface area contributed by atoms with Crippen LogP contribution in [-0.4, -0.2) is 25.7 Å². The number of urea groups is 1. The smallest absolute Gasteiger partial charge is 0.370 e. The van der Waals surface area contributed by atoms with Crippen LogP contribution in [0.3, 0.4) is 0 Å². The highest BCUT2D eigenvalue weighted by atomic mass is 19.4. The van der Waals surface area contributed by atoms with Crippen molar-refractivity contribution in [3.05, 3.63) is 23.8 Å². The monoisotopic (exact) mass is 340 g/mol. The Morgan fingerprint density at radius 2 is 2.04 bits per heavy atom. The molecule has 1 aromatic rings. The van der Waals surface area contributed by atoms with Gasteiger partial charge in [0.05, 0.1) is 28.9 Å². The van der Waals surface area contributed by atoms with Crippen molar-refractivity contribution in [2.24, 2.45) is 5.92 Å². The number of amides is 2. The van der Waals surface area contributed by atoms with Crippen LogP contribution >= 0.6 is 0 Å². The number of alkyl halides is 3. The highest BCUT2D eigenvalue weighted by Crippen LogP contribution is 2.36. The van der Waals surface area contributed by atoms with E-state index in [0.717, 1.165) is 38.1 Å². The molecule has 0 saturated carbocycles. The number of halogens is 3. The highest BCUT2D eigenvalue weighted by molar-refractivity contribution is 5.93. The Morgan fingerprint density at radius 1 is 1.38 bits per heavy atom. The average molecular weight is 340 g/mol. The fourth-order valence-electron chi connectivity index (χ4n) is 2.50. The number of nitriles is 1. The zero-order valence-electron chi connectivity index (χ0n) is 13.3. The molecule has 130 valence electrons. The lowest BCUT2D eigenvalue weighted by atomic mass is 10.1. The molecule has 1 atom stereocenters. The predicted octanol–water partition coefficient (Wildman–Crippen LogP) is 3.59. The van der Waals surface area contributed by atoms with Gasteiger partial charge in [-0.1, -0.05) is 0 Å². The number of carbonyl (C=O) groups is 1. The van der Waals surface area contributed by atoms with Crippen LogP contribution in [0.5, 0.6) is 0 Å². The van der Waals surface area contributed by atoms with Gasteiger partial charge in [0.1, 0.15) is 0 Å². The Bertz CT molecular complexity index is 633. The summed E-state index contributed by atoms with van der Waals surface area (Å²) in [7, 11) is 0. The SMILES string of the molecule is C[C@@H](C#N)CNC(=O)Nc1cc(C(F)(F)F)ccc1N1CCCC1. The minimum absolute atomic E-state index is 0.119. The molecule has 0 aliphatic carbocycles. The Balaban J connectivity index is 2.20. The summed E-state index contributed by atoms with van der Waals surface area (Å²) in [5.41, 5.74) is -0.121. The van der Waals surface area contributed by atoms with Crippen LogP contribution in [0.1, 0.15) is 25.3 Å². The number of anilines is 2. The van der Waals surface area contributed by atoms with Crippen molar-refractivity contribution < 1.29 is 18.0 Å². The van der Waals surface area contributed by atoms with E-state index < -0.39 is 17.8 Å². The average Bonchev–Trinajstić information content (AvgIpc) is 3.05. The van der Waals surface area contributed by atoms with Crippen LogP contribution in [0.15, 0.2) is 18.2 Å². The zero-order valence-corrected chi connectivity index (χ0v) is 13.3. The maximum atomic E-state index is 12.9. The second-order valence-electron chi connectivity index (χ2n) is 5.79. The summed E-state index contributed by atoms with van der Waals surface area (Å²) in [6.07, 6.45) is -2.55. The largest absolute Gasteiger partial charge is 0.416 e. The topological polar surface area (TPSA) is 68.2 Å². The molecular weight excluding hydrogens is 321 g/mol. The van der Waals surface area contributed by atoms with E-state index in [1.54, 1.807) is 6.92 Å². The highest BCUT2D eigenvalue weighted by Gasteiger charge is 2.32. The molecule has 8 heteroatoms. The number of nitrogens with one attached hydrogen (secondary N) is 2. The van der Waals surface area contributed by atoms with Crippen LogP contribution in [-0.2, 0) is 6.18 Å². The molecule has 0 bridgehead atoms. The standard InChI is InChI=1S/C16H19F3N4O/c1-11(9-20)10-21-15(24)22-13-8-12(16(17,18)19)4-5-14(13)23-6-2-3-7-23/h4-5,8,11H,2-3,6-7,10H2,1H3,(H2,21,22,24)/t11-/m0/s1. The second-order valence-corrected chi connectivity index (χ2v) is 5.79. The number of hydrogen-bond acceptors (Lipinski definition) is 3. The van der Waals surface area contributed by atoms with Crippen molar-refractivity contribution >= 4 is 17.4 Å². The molecule has 5 nitrogen and oxygen atoms in total. The third-order valence-corrected chi connectivity index (χ3v) is 3.81. The van der Waals surface area contributed by atoms with Gasteiger partial charge in [-0.2, -0.15) is 18.4 Å². The lowest BCUT2D eigenvalue weighted by Gasteiger charge is -2.23. The molecule has 1 aliphatic heterocycles. The number of rotatable bonds is 4. The molecule has 2 rings (SSSR count). The summed E-state index contributed by atoms with van der Waals surface area (Å²) in [4.78, 5) is 13.9. The van der Waals surface area contributed by atoms with Gasteiger partial charge in [-0.05, 0) is 38.0 Å². The van der Waals surface area contributed by atoms with Crippen molar-refractivity contribution in [1.29, 1.82) is 5.26 Å². The van der Waals surface area contributed by atoms with E-state index in [0.29, 0.717) is 5.69 Å². The van der Waals surface area contributed by atoms with E-state index in [2.05, 4.69) is 10.6 Å². The van der Waals surface area contributed by atoms with E-state index in [1.807, 2.05) is 11.0 Å². The van der Waals surface area contributed by atoms with Gasteiger partial charge < -0.3 is 15.5 Å². The molecule has 1 aromatic carbocycles. The maximum absolute atomic E-state index is 12.9. The van der Waals surface area contributed by atoms with Crippen molar-refractivity contribution in [3.8, 4) is 6.07 Å². The van der Waals surface area contributed by atoms with Gasteiger partial charge in [-0.25, -0.2) is 4.79 Å². The summed E-state index contributed by atoms with van der Waals surface area (Å²) in [5.74, 6) is -0.379. The van der Waals surface area contributed by atoms with Crippen molar-refractivity contribution in [2.75, 3.05) is 29.9 Å². The lowest BCUT2D eigenvalue weighted by Crippen LogP contribution is -2.33. The van der Waals surface area contributed by atoms with Crippen molar-refractivity contribution in [2.45, 2.75) is 25.9 Å². The molecular formula is C16H19F3N4O. The Hall–Kier alpha value is -2.43. The molecule has 2 N–H and O–H groups in total. The molecule has 1 fully saturated rings. The van der Waals surface area contributed by atoms with Crippen molar-refractivity contribution in [1.82, 2.24) is 5.32 Å². The van der Waals surface area contributed by atoms with E-state index in [-0.39, 0.29) is 18.2 Å². The Morgan fingerprint density at radius 3 is 2.62 bits per heavy atom. The van der Waals surface area contributed by atoms with Gasteiger partial charge in [0, 0.05) is 19.6 Å². The lowest BCUT2D eigenvalue weighted by molar-refractivity contribution is -0.137. The molecule has 24 heavy (non-hydrogen) atoms. The molecule has 1 aliphatic rings. The van der Waals surface area contributed by atoms with Crippen LogP contribution < -0.4 is 15.5 Å². The molecule has 1 heterocycles. The molecule has 0 radical (unpaired) electrons. The van der Waals surface area contributed by atoms with Gasteiger partial charge in [0.15, 0.2) is 0 Å². The predicted molar refractivity (Wildman–Crippen MR) is 84.7 cm³/mol.